The van der Waals surface area contributed by atoms with Crippen molar-refractivity contribution in [2.75, 3.05) is 0 Å². The quantitative estimate of drug-likeness (QED) is 0.271. The van der Waals surface area contributed by atoms with Crippen molar-refractivity contribution < 1.29 is 13.5 Å². The highest BCUT2D eigenvalue weighted by Crippen LogP contribution is 2.59. The Morgan fingerprint density at radius 3 is 2.82 bits per heavy atom. The SMILES string of the molecule is N#CSc1nc(S)nn1C[C@]1(c2ccc(F)cc2F)O[C@H]1c1ccccc1Cl. The van der Waals surface area contributed by atoms with E-state index in [2.05, 4.69) is 22.7 Å². The summed E-state index contributed by atoms with van der Waals surface area (Å²) in [5.41, 5.74) is -0.335. The molecule has 0 unspecified atom stereocenters. The smallest absolute Gasteiger partial charge is 0.206 e. The van der Waals surface area contributed by atoms with Crippen LogP contribution in [0.1, 0.15) is 17.2 Å². The molecule has 0 amide bonds. The van der Waals surface area contributed by atoms with Crippen LogP contribution < -0.4 is 0 Å². The molecule has 2 aromatic carbocycles. The second-order valence-corrected chi connectivity index (χ2v) is 7.64. The Balaban J connectivity index is 1.80. The number of halogens is 3. The average Bonchev–Trinajstić information content (AvgIpc) is 3.24. The van der Waals surface area contributed by atoms with Gasteiger partial charge in [-0.15, -0.1) is 17.7 Å². The molecule has 142 valence electrons. The number of nitrogens with zero attached hydrogens (tertiary/aromatic N) is 4. The molecule has 0 aliphatic carbocycles. The molecule has 0 saturated carbocycles. The van der Waals surface area contributed by atoms with Crippen LogP contribution in [-0.2, 0) is 16.9 Å². The van der Waals surface area contributed by atoms with E-state index in [-0.39, 0.29) is 17.3 Å². The molecule has 1 aromatic heterocycles. The van der Waals surface area contributed by atoms with Crippen molar-refractivity contribution in [3.8, 4) is 5.40 Å². The van der Waals surface area contributed by atoms with Crippen molar-refractivity contribution >= 4 is 36.0 Å². The standard InChI is InChI=1S/C18H11ClF2N4OS2/c19-13-4-2-1-3-11(13)15-18(26-15,12-6-5-10(20)7-14(12)21)8-25-17(28-9-22)23-16(27)24-25/h1-7,15H,8H2,(H,24,27)/t15-,18+/m0/s1. The molecular formula is C18H11ClF2N4OS2. The highest BCUT2D eigenvalue weighted by molar-refractivity contribution is 8.03. The lowest BCUT2D eigenvalue weighted by molar-refractivity contribution is 0.250. The third-order valence-corrected chi connectivity index (χ3v) is 5.53. The minimum Gasteiger partial charge on any atom is -0.354 e. The van der Waals surface area contributed by atoms with E-state index in [1.54, 1.807) is 24.3 Å². The average molecular weight is 437 g/mol. The molecular weight excluding hydrogens is 426 g/mol. The maximum atomic E-state index is 14.7. The normalized spacial score (nSPS) is 20.8. The van der Waals surface area contributed by atoms with E-state index in [0.717, 1.165) is 17.8 Å². The summed E-state index contributed by atoms with van der Waals surface area (Å²) in [6.07, 6.45) is -0.575. The van der Waals surface area contributed by atoms with Crippen LogP contribution in [0, 0.1) is 22.3 Å². The zero-order chi connectivity index (χ0) is 19.9. The van der Waals surface area contributed by atoms with Crippen LogP contribution in [0.15, 0.2) is 52.8 Å². The lowest BCUT2D eigenvalue weighted by Gasteiger charge is -2.16. The Morgan fingerprint density at radius 2 is 2.11 bits per heavy atom. The van der Waals surface area contributed by atoms with E-state index in [9.17, 15) is 8.78 Å². The summed E-state index contributed by atoms with van der Waals surface area (Å²) >= 11 is 11.2. The van der Waals surface area contributed by atoms with Gasteiger partial charge in [0.25, 0.3) is 0 Å². The van der Waals surface area contributed by atoms with Gasteiger partial charge in [0.1, 0.15) is 28.7 Å². The van der Waals surface area contributed by atoms with Gasteiger partial charge in [-0.1, -0.05) is 35.9 Å². The number of thioether (sulfide) groups is 1. The zero-order valence-electron chi connectivity index (χ0n) is 14.0. The zero-order valence-corrected chi connectivity index (χ0v) is 16.5. The van der Waals surface area contributed by atoms with Gasteiger partial charge in [-0.25, -0.2) is 13.5 Å². The molecule has 5 nitrogen and oxygen atoms in total. The second-order valence-electron chi connectivity index (χ2n) is 6.08. The highest BCUT2D eigenvalue weighted by atomic mass is 35.5. The molecule has 1 fully saturated rings. The Hall–Kier alpha value is -2.12. The summed E-state index contributed by atoms with van der Waals surface area (Å²) in [6, 6.07) is 10.4. The van der Waals surface area contributed by atoms with Crippen molar-refractivity contribution in [3.63, 3.8) is 0 Å². The van der Waals surface area contributed by atoms with Crippen molar-refractivity contribution in [1.82, 2.24) is 14.8 Å². The summed E-state index contributed by atoms with van der Waals surface area (Å²) in [5.74, 6) is -1.43. The van der Waals surface area contributed by atoms with E-state index >= 15 is 0 Å². The number of hydrogen-bond acceptors (Lipinski definition) is 6. The number of aromatic nitrogens is 3. The number of thiol groups is 1. The van der Waals surface area contributed by atoms with Crippen LogP contribution >= 0.6 is 36.0 Å². The fourth-order valence-electron chi connectivity index (χ4n) is 3.18. The highest BCUT2D eigenvalue weighted by Gasteiger charge is 2.61. The molecule has 1 saturated heterocycles. The Morgan fingerprint density at radius 1 is 1.32 bits per heavy atom. The first-order valence-corrected chi connectivity index (χ1v) is 9.66. The first-order valence-electron chi connectivity index (χ1n) is 8.02. The van der Waals surface area contributed by atoms with Crippen molar-refractivity contribution in [2.45, 2.75) is 28.6 Å². The van der Waals surface area contributed by atoms with Crippen molar-refractivity contribution in [3.05, 3.63) is 70.2 Å². The molecule has 1 aliphatic heterocycles. The van der Waals surface area contributed by atoms with Crippen molar-refractivity contribution in [2.24, 2.45) is 0 Å². The minimum atomic E-state index is -1.18. The number of nitriles is 1. The van der Waals surface area contributed by atoms with E-state index in [1.165, 1.54) is 16.8 Å². The van der Waals surface area contributed by atoms with Gasteiger partial charge in [-0.05, 0) is 12.1 Å². The van der Waals surface area contributed by atoms with Gasteiger partial charge in [0, 0.05) is 34.0 Å². The Kier molecular flexibility index (Phi) is 5.05. The van der Waals surface area contributed by atoms with Gasteiger partial charge in [0.15, 0.2) is 0 Å². The summed E-state index contributed by atoms with van der Waals surface area (Å²) < 4.78 is 35.5. The van der Waals surface area contributed by atoms with Crippen LogP contribution in [0.3, 0.4) is 0 Å². The number of hydrogen-bond donors (Lipinski definition) is 1. The Bertz CT molecular complexity index is 1100. The van der Waals surface area contributed by atoms with Gasteiger partial charge >= 0.3 is 0 Å². The molecule has 4 rings (SSSR count). The summed E-state index contributed by atoms with van der Waals surface area (Å²) in [5, 5.41) is 16.0. The van der Waals surface area contributed by atoms with E-state index in [1.807, 2.05) is 5.40 Å². The van der Waals surface area contributed by atoms with Crippen LogP contribution in [0.2, 0.25) is 5.02 Å². The third-order valence-electron chi connectivity index (χ3n) is 4.42. The van der Waals surface area contributed by atoms with Crippen LogP contribution in [0.5, 0.6) is 0 Å². The van der Waals surface area contributed by atoms with Crippen LogP contribution in [0.25, 0.3) is 0 Å². The summed E-state index contributed by atoms with van der Waals surface area (Å²) in [6.45, 7) is 0.0447. The molecule has 0 radical (unpaired) electrons. The lowest BCUT2D eigenvalue weighted by Crippen LogP contribution is -2.22. The summed E-state index contributed by atoms with van der Waals surface area (Å²) in [4.78, 5) is 4.08. The third kappa shape index (κ3) is 3.37. The lowest BCUT2D eigenvalue weighted by atomic mass is 9.91. The number of benzene rings is 2. The molecule has 0 bridgehead atoms. The first kappa shape index (κ1) is 19.2. The maximum absolute atomic E-state index is 14.7. The van der Waals surface area contributed by atoms with Gasteiger partial charge in [-0.3, -0.25) is 0 Å². The number of ether oxygens (including phenoxy) is 1. The van der Waals surface area contributed by atoms with E-state index in [0.29, 0.717) is 15.7 Å². The van der Waals surface area contributed by atoms with Gasteiger partial charge in [0.2, 0.25) is 10.3 Å². The van der Waals surface area contributed by atoms with E-state index in [4.69, 9.17) is 21.6 Å². The van der Waals surface area contributed by atoms with Crippen molar-refractivity contribution in [1.29, 1.82) is 5.26 Å². The number of rotatable bonds is 5. The maximum Gasteiger partial charge on any atom is 0.206 e. The predicted octanol–water partition coefficient (Wildman–Crippen LogP) is 4.74. The molecule has 0 spiro atoms. The molecule has 3 aromatic rings. The molecule has 1 aliphatic rings. The fraction of sp³-hybridized carbons (Fsp3) is 0.167. The molecule has 10 heteroatoms. The molecule has 0 N–H and O–H groups in total. The monoisotopic (exact) mass is 436 g/mol. The number of thiocyanates is 1. The van der Waals surface area contributed by atoms with Crippen LogP contribution in [0.4, 0.5) is 8.78 Å². The molecule has 2 heterocycles. The first-order chi connectivity index (χ1) is 13.4. The largest absolute Gasteiger partial charge is 0.354 e. The van der Waals surface area contributed by atoms with Gasteiger partial charge in [0.05, 0.1) is 6.54 Å². The van der Waals surface area contributed by atoms with Crippen LogP contribution in [-0.4, -0.2) is 14.8 Å². The topological polar surface area (TPSA) is 67.0 Å². The Labute approximate surface area is 173 Å². The fourth-order valence-corrected chi connectivity index (χ4v) is 4.11. The molecule has 28 heavy (non-hydrogen) atoms. The predicted molar refractivity (Wildman–Crippen MR) is 102 cm³/mol. The summed E-state index contributed by atoms with van der Waals surface area (Å²) in [7, 11) is 0. The van der Waals surface area contributed by atoms with E-state index < -0.39 is 23.3 Å². The van der Waals surface area contributed by atoms with Gasteiger partial charge < -0.3 is 4.74 Å². The second kappa shape index (κ2) is 7.37. The van der Waals surface area contributed by atoms with Gasteiger partial charge in [-0.2, -0.15) is 10.2 Å². The minimum absolute atomic E-state index is 0.0447. The number of epoxide rings is 1. The molecule has 2 atom stereocenters.